The van der Waals surface area contributed by atoms with Crippen molar-refractivity contribution >= 4 is 64.2 Å². The highest BCUT2D eigenvalue weighted by Crippen LogP contribution is 2.39. The lowest BCUT2D eigenvalue weighted by atomic mass is 10.2. The van der Waals surface area contributed by atoms with Gasteiger partial charge in [-0.25, -0.2) is 9.97 Å². The van der Waals surface area contributed by atoms with Gasteiger partial charge in [-0.05, 0) is 12.1 Å². The maximum absolute atomic E-state index is 4.75. The Morgan fingerprint density at radius 3 is 1.45 bits per heavy atom. The minimum absolute atomic E-state index is 0.988. The third-order valence-corrected chi connectivity index (χ3v) is 6.66. The van der Waals surface area contributed by atoms with Gasteiger partial charge in [0.05, 0.1) is 0 Å². The van der Waals surface area contributed by atoms with Gasteiger partial charge in [-0.2, -0.15) is 0 Å². The number of hydrogen-bond donors (Lipinski definition) is 0. The van der Waals surface area contributed by atoms with Crippen LogP contribution < -0.4 is 0 Å². The first-order chi connectivity index (χ1) is 10.7. The summed E-state index contributed by atoms with van der Waals surface area (Å²) < 4.78 is 2.12. The molecule has 0 radical (unpaired) electrons. The van der Waals surface area contributed by atoms with Crippen molar-refractivity contribution in [3.05, 3.63) is 57.5 Å². The lowest BCUT2D eigenvalue weighted by Crippen LogP contribution is -1.78. The molecule has 4 aromatic rings. The van der Waals surface area contributed by atoms with Crippen LogP contribution in [-0.4, -0.2) is 9.97 Å². The molecule has 0 saturated heterocycles. The molecular formula is C16H8Br2N2S2. The Bertz CT molecular complexity index is 869. The van der Waals surface area contributed by atoms with Gasteiger partial charge in [-0.15, -0.1) is 0 Å². The fraction of sp³-hybridized carbons (Fsp3) is 0. The molecule has 0 atom stereocenters. The molecule has 2 aromatic carbocycles. The van der Waals surface area contributed by atoms with E-state index in [0.29, 0.717) is 0 Å². The highest BCUT2D eigenvalue weighted by atomic mass is 79.9. The monoisotopic (exact) mass is 450 g/mol. The zero-order chi connectivity index (χ0) is 15.1. The minimum atomic E-state index is 0.988. The predicted molar refractivity (Wildman–Crippen MR) is 102 cm³/mol. The second-order valence-electron chi connectivity index (χ2n) is 4.61. The first-order valence-electron chi connectivity index (χ1n) is 6.49. The average molecular weight is 452 g/mol. The summed E-state index contributed by atoms with van der Waals surface area (Å²) in [6, 6.07) is 16.3. The number of thiazole rings is 2. The van der Waals surface area contributed by atoms with Crippen LogP contribution in [-0.2, 0) is 0 Å². The van der Waals surface area contributed by atoms with Gasteiger partial charge in [0.25, 0.3) is 0 Å². The predicted octanol–water partition coefficient (Wildman–Crippen LogP) is 6.61. The molecule has 6 heteroatoms. The molecule has 4 rings (SSSR count). The van der Waals surface area contributed by atoms with E-state index < -0.39 is 0 Å². The van der Waals surface area contributed by atoms with Gasteiger partial charge in [0.15, 0.2) is 9.66 Å². The van der Waals surface area contributed by atoms with Crippen LogP contribution in [0.4, 0.5) is 0 Å². The van der Waals surface area contributed by atoms with E-state index >= 15 is 0 Å². The van der Waals surface area contributed by atoms with Crippen LogP contribution in [0.1, 0.15) is 0 Å². The van der Waals surface area contributed by atoms with E-state index in [1.54, 1.807) is 22.7 Å². The van der Waals surface area contributed by atoms with Crippen LogP contribution in [0.3, 0.4) is 0 Å². The molecule has 0 aliphatic heterocycles. The quantitative estimate of drug-likeness (QED) is 0.342. The van der Waals surface area contributed by atoms with Crippen molar-refractivity contribution in [3.63, 3.8) is 0 Å². The number of fused-ring (bicyclic) bond motifs is 1. The number of halogens is 2. The Morgan fingerprint density at radius 2 is 1.05 bits per heavy atom. The zero-order valence-electron chi connectivity index (χ0n) is 11.1. The first kappa shape index (κ1) is 14.5. The van der Waals surface area contributed by atoms with Crippen LogP contribution in [0, 0.1) is 0 Å². The summed E-state index contributed by atoms with van der Waals surface area (Å²) in [7, 11) is 0. The van der Waals surface area contributed by atoms with Crippen molar-refractivity contribution in [2.75, 3.05) is 0 Å². The normalized spacial score (nSPS) is 11.2. The summed E-state index contributed by atoms with van der Waals surface area (Å²) >= 11 is 10.4. The van der Waals surface area contributed by atoms with Crippen LogP contribution in [0.2, 0.25) is 0 Å². The van der Waals surface area contributed by atoms with Gasteiger partial charge in [0.2, 0.25) is 0 Å². The summed E-state index contributed by atoms with van der Waals surface area (Å²) in [4.78, 5) is 11.5. The summed E-state index contributed by atoms with van der Waals surface area (Å²) in [5, 5.41) is 2.00. The van der Waals surface area contributed by atoms with E-state index in [4.69, 9.17) is 9.97 Å². The number of benzene rings is 2. The van der Waals surface area contributed by atoms with Crippen molar-refractivity contribution in [2.45, 2.75) is 0 Å². The molecule has 0 unspecified atom stereocenters. The third kappa shape index (κ3) is 2.54. The molecule has 0 aliphatic rings. The molecule has 2 nitrogen and oxygen atoms in total. The summed E-state index contributed by atoms with van der Waals surface area (Å²) in [6.07, 6.45) is 0. The van der Waals surface area contributed by atoms with Crippen LogP contribution in [0.25, 0.3) is 30.8 Å². The second kappa shape index (κ2) is 5.85. The number of nitrogens with zero attached hydrogens (tertiary/aromatic N) is 2. The highest BCUT2D eigenvalue weighted by Gasteiger charge is 2.15. The van der Waals surface area contributed by atoms with Crippen molar-refractivity contribution in [1.82, 2.24) is 9.97 Å². The van der Waals surface area contributed by atoms with E-state index in [-0.39, 0.29) is 0 Å². The fourth-order valence-electron chi connectivity index (χ4n) is 2.14. The first-order valence-corrected chi connectivity index (χ1v) is 9.71. The molecule has 0 saturated carbocycles. The van der Waals surface area contributed by atoms with Crippen molar-refractivity contribution in [1.29, 1.82) is 0 Å². The maximum atomic E-state index is 4.75. The number of hydrogen-bond acceptors (Lipinski definition) is 4. The Kier molecular flexibility index (Phi) is 3.86. The third-order valence-electron chi connectivity index (χ3n) is 3.18. The van der Waals surface area contributed by atoms with E-state index in [2.05, 4.69) is 44.0 Å². The van der Waals surface area contributed by atoms with Crippen molar-refractivity contribution in [3.8, 4) is 21.1 Å². The molecule has 0 spiro atoms. The summed E-state index contributed by atoms with van der Waals surface area (Å²) in [5.74, 6) is 0. The highest BCUT2D eigenvalue weighted by molar-refractivity contribution is 9.11. The van der Waals surface area contributed by atoms with Crippen molar-refractivity contribution < 1.29 is 0 Å². The second-order valence-corrected chi connectivity index (χ2v) is 8.27. The largest absolute Gasteiger partial charge is 0.223 e. The standard InChI is InChI=1S/C16H8Br2N2S2/c17-11-7-3-1-5-9(11)13-19-15-16(21-13)20-14(22-15)10-6-2-4-8-12(10)18/h1-8H. The molecule has 0 bridgehead atoms. The summed E-state index contributed by atoms with van der Waals surface area (Å²) in [5.41, 5.74) is 2.22. The smallest absolute Gasteiger partial charge is 0.155 e. The lowest BCUT2D eigenvalue weighted by molar-refractivity contribution is 1.47. The van der Waals surface area contributed by atoms with E-state index in [9.17, 15) is 0 Å². The lowest BCUT2D eigenvalue weighted by Gasteiger charge is -1.99. The minimum Gasteiger partial charge on any atom is -0.223 e. The van der Waals surface area contributed by atoms with Gasteiger partial charge in [0.1, 0.15) is 10.0 Å². The van der Waals surface area contributed by atoms with Gasteiger partial charge in [0, 0.05) is 20.1 Å². The van der Waals surface area contributed by atoms with Crippen LogP contribution >= 0.6 is 54.5 Å². The molecular weight excluding hydrogens is 444 g/mol. The molecule has 108 valence electrons. The molecule has 0 fully saturated rings. The maximum Gasteiger partial charge on any atom is 0.155 e. The average Bonchev–Trinajstić information content (AvgIpc) is 3.06. The van der Waals surface area contributed by atoms with Crippen molar-refractivity contribution in [2.24, 2.45) is 0 Å². The Morgan fingerprint density at radius 1 is 0.636 bits per heavy atom. The topological polar surface area (TPSA) is 25.8 Å². The Balaban J connectivity index is 1.81. The van der Waals surface area contributed by atoms with E-state index in [0.717, 1.165) is 39.7 Å². The molecule has 0 aliphatic carbocycles. The fourth-order valence-corrected chi connectivity index (χ4v) is 5.47. The van der Waals surface area contributed by atoms with Gasteiger partial charge < -0.3 is 0 Å². The molecule has 2 aromatic heterocycles. The van der Waals surface area contributed by atoms with Gasteiger partial charge in [-0.3, -0.25) is 0 Å². The molecule has 22 heavy (non-hydrogen) atoms. The molecule has 2 heterocycles. The van der Waals surface area contributed by atoms with E-state index in [1.165, 1.54) is 0 Å². The summed E-state index contributed by atoms with van der Waals surface area (Å²) in [6.45, 7) is 0. The molecule has 0 amide bonds. The van der Waals surface area contributed by atoms with Gasteiger partial charge >= 0.3 is 0 Å². The molecule has 0 N–H and O–H groups in total. The van der Waals surface area contributed by atoms with E-state index in [1.807, 2.05) is 36.4 Å². The number of rotatable bonds is 2. The Hall–Kier alpha value is -1.08. The number of aromatic nitrogens is 2. The van der Waals surface area contributed by atoms with Crippen LogP contribution in [0.15, 0.2) is 57.5 Å². The SMILES string of the molecule is Brc1ccccc1-c1nc2sc(-c3ccccc3Br)nc2s1. The van der Waals surface area contributed by atoms with Crippen LogP contribution in [0.5, 0.6) is 0 Å². The van der Waals surface area contributed by atoms with Gasteiger partial charge in [-0.1, -0.05) is 90.9 Å². The Labute approximate surface area is 152 Å². The zero-order valence-corrected chi connectivity index (χ0v) is 15.9.